The van der Waals surface area contributed by atoms with E-state index < -0.39 is 24.4 Å². The highest BCUT2D eigenvalue weighted by atomic mass is 19.4. The van der Waals surface area contributed by atoms with Crippen LogP contribution in [0.1, 0.15) is 25.2 Å². The number of rotatable bonds is 3. The lowest BCUT2D eigenvalue weighted by molar-refractivity contribution is -0.254. The van der Waals surface area contributed by atoms with Crippen molar-refractivity contribution < 1.29 is 22.8 Å². The third kappa shape index (κ3) is 2.96. The molecule has 0 amide bonds. The maximum absolute atomic E-state index is 12.9. The first-order valence-electron chi connectivity index (χ1n) is 7.22. The van der Waals surface area contributed by atoms with Gasteiger partial charge in [-0.2, -0.15) is 18.2 Å². The minimum Gasteiger partial charge on any atom is -0.379 e. The molecule has 0 bridgehead atoms. The summed E-state index contributed by atoms with van der Waals surface area (Å²) >= 11 is 0. The third-order valence-electron chi connectivity index (χ3n) is 4.19. The topological polar surface area (TPSA) is 62.4 Å². The van der Waals surface area contributed by atoms with Crippen LogP contribution in [0.5, 0.6) is 0 Å². The normalized spacial score (nSPS) is 24.0. The molecule has 1 aromatic carbocycles. The summed E-state index contributed by atoms with van der Waals surface area (Å²) in [6.45, 7) is 1.32. The molecule has 1 saturated heterocycles. The second-order valence-electron chi connectivity index (χ2n) is 5.75. The van der Waals surface area contributed by atoms with E-state index in [1.54, 1.807) is 19.1 Å². The SMILES string of the molecule is C[C@H](c1noc(-c2ccccc2)n1)N1CC[C@](O)(C(F)(F)F)C1. The molecule has 124 valence electrons. The number of alkyl halides is 3. The van der Waals surface area contributed by atoms with Crippen molar-refractivity contribution in [3.05, 3.63) is 36.2 Å². The second kappa shape index (κ2) is 5.61. The molecule has 2 aromatic rings. The Hall–Kier alpha value is -1.93. The molecule has 1 aliphatic heterocycles. The van der Waals surface area contributed by atoms with Gasteiger partial charge in [0.1, 0.15) is 0 Å². The first-order chi connectivity index (χ1) is 10.8. The second-order valence-corrected chi connectivity index (χ2v) is 5.75. The molecular weight excluding hydrogens is 311 g/mol. The van der Waals surface area contributed by atoms with Gasteiger partial charge in [0.05, 0.1) is 6.04 Å². The van der Waals surface area contributed by atoms with Crippen LogP contribution in [-0.4, -0.2) is 45.0 Å². The van der Waals surface area contributed by atoms with Gasteiger partial charge >= 0.3 is 6.18 Å². The molecular formula is C15H16F3N3O2. The fourth-order valence-electron chi connectivity index (χ4n) is 2.65. The summed E-state index contributed by atoms with van der Waals surface area (Å²) in [5.41, 5.74) is -1.93. The van der Waals surface area contributed by atoms with E-state index in [9.17, 15) is 18.3 Å². The van der Waals surface area contributed by atoms with E-state index >= 15 is 0 Å². The molecule has 3 rings (SSSR count). The van der Waals surface area contributed by atoms with Crippen molar-refractivity contribution in [1.82, 2.24) is 15.0 Å². The number of hydrogen-bond acceptors (Lipinski definition) is 5. The predicted octanol–water partition coefficient (Wildman–Crippen LogP) is 2.80. The number of likely N-dealkylation sites (tertiary alicyclic amines) is 1. The Kier molecular flexibility index (Phi) is 3.89. The first-order valence-corrected chi connectivity index (χ1v) is 7.22. The fourth-order valence-corrected chi connectivity index (χ4v) is 2.65. The summed E-state index contributed by atoms with van der Waals surface area (Å²) in [5, 5.41) is 13.6. The number of halogens is 3. The monoisotopic (exact) mass is 327 g/mol. The molecule has 0 saturated carbocycles. The molecule has 5 nitrogen and oxygen atoms in total. The maximum Gasteiger partial charge on any atom is 0.418 e. The average Bonchev–Trinajstić information content (AvgIpc) is 3.14. The predicted molar refractivity (Wildman–Crippen MR) is 75.3 cm³/mol. The summed E-state index contributed by atoms with van der Waals surface area (Å²) in [5.74, 6) is 0.619. The molecule has 8 heteroatoms. The van der Waals surface area contributed by atoms with Crippen molar-refractivity contribution in [3.8, 4) is 11.5 Å². The van der Waals surface area contributed by atoms with E-state index in [1.807, 2.05) is 18.2 Å². The van der Waals surface area contributed by atoms with Crippen molar-refractivity contribution >= 4 is 0 Å². The Bertz CT molecular complexity index is 674. The van der Waals surface area contributed by atoms with Crippen molar-refractivity contribution in [1.29, 1.82) is 0 Å². The smallest absolute Gasteiger partial charge is 0.379 e. The summed E-state index contributed by atoms with van der Waals surface area (Å²) in [6.07, 6.45) is -5.00. The molecule has 1 aliphatic rings. The molecule has 2 heterocycles. The lowest BCUT2D eigenvalue weighted by atomic mass is 10.0. The van der Waals surface area contributed by atoms with E-state index in [1.165, 1.54) is 4.90 Å². The van der Waals surface area contributed by atoms with Crippen LogP contribution in [0.2, 0.25) is 0 Å². The number of nitrogens with zero attached hydrogens (tertiary/aromatic N) is 3. The Balaban J connectivity index is 1.75. The summed E-state index contributed by atoms with van der Waals surface area (Å²) in [6, 6.07) is 8.64. The Morgan fingerprint density at radius 1 is 1.30 bits per heavy atom. The zero-order chi connectivity index (χ0) is 16.7. The molecule has 1 aromatic heterocycles. The van der Waals surface area contributed by atoms with Crippen LogP contribution in [0.15, 0.2) is 34.9 Å². The van der Waals surface area contributed by atoms with Crippen LogP contribution in [0.4, 0.5) is 13.2 Å². The van der Waals surface area contributed by atoms with Crippen LogP contribution >= 0.6 is 0 Å². The third-order valence-corrected chi connectivity index (χ3v) is 4.19. The molecule has 1 N–H and O–H groups in total. The van der Waals surface area contributed by atoms with Gasteiger partial charge in [0.2, 0.25) is 0 Å². The van der Waals surface area contributed by atoms with Gasteiger partial charge < -0.3 is 9.63 Å². The minimum absolute atomic E-state index is 0.117. The minimum atomic E-state index is -4.64. The van der Waals surface area contributed by atoms with Gasteiger partial charge in [-0.3, -0.25) is 4.90 Å². The molecule has 23 heavy (non-hydrogen) atoms. The van der Waals surface area contributed by atoms with Crippen molar-refractivity contribution in [2.75, 3.05) is 13.1 Å². The highest BCUT2D eigenvalue weighted by molar-refractivity contribution is 5.52. The van der Waals surface area contributed by atoms with Crippen LogP contribution in [0.25, 0.3) is 11.5 Å². The van der Waals surface area contributed by atoms with Crippen LogP contribution in [-0.2, 0) is 0 Å². The van der Waals surface area contributed by atoms with Crippen molar-refractivity contribution in [2.45, 2.75) is 31.2 Å². The molecule has 0 aliphatic carbocycles. The van der Waals surface area contributed by atoms with Crippen LogP contribution < -0.4 is 0 Å². The van der Waals surface area contributed by atoms with E-state index in [2.05, 4.69) is 10.1 Å². The van der Waals surface area contributed by atoms with Crippen molar-refractivity contribution in [2.24, 2.45) is 0 Å². The molecule has 0 spiro atoms. The largest absolute Gasteiger partial charge is 0.418 e. The first kappa shape index (κ1) is 15.9. The highest BCUT2D eigenvalue weighted by Gasteiger charge is 2.57. The van der Waals surface area contributed by atoms with E-state index in [0.29, 0.717) is 11.7 Å². The lowest BCUT2D eigenvalue weighted by Crippen LogP contribution is -2.47. The number of hydrogen-bond donors (Lipinski definition) is 1. The quantitative estimate of drug-likeness (QED) is 0.939. The number of β-amino-alcohol motifs (C(OH)–C–C–N with tert-alkyl or cyclic N) is 1. The maximum atomic E-state index is 12.9. The Morgan fingerprint density at radius 2 is 2.00 bits per heavy atom. The molecule has 1 fully saturated rings. The summed E-state index contributed by atoms with van der Waals surface area (Å²) < 4.78 is 43.8. The number of aromatic nitrogens is 2. The summed E-state index contributed by atoms with van der Waals surface area (Å²) in [4.78, 5) is 5.76. The van der Waals surface area contributed by atoms with Crippen LogP contribution in [0.3, 0.4) is 0 Å². The van der Waals surface area contributed by atoms with Gasteiger partial charge in [-0.1, -0.05) is 23.4 Å². The van der Waals surface area contributed by atoms with Gasteiger partial charge in [-0.25, -0.2) is 0 Å². The average molecular weight is 327 g/mol. The highest BCUT2D eigenvalue weighted by Crippen LogP contribution is 2.40. The van der Waals surface area contributed by atoms with Gasteiger partial charge in [0.15, 0.2) is 11.4 Å². The van der Waals surface area contributed by atoms with Crippen molar-refractivity contribution in [3.63, 3.8) is 0 Å². The molecule has 0 unspecified atom stereocenters. The zero-order valence-electron chi connectivity index (χ0n) is 12.4. The van der Waals surface area contributed by atoms with E-state index in [-0.39, 0.29) is 13.0 Å². The molecule has 2 atom stereocenters. The van der Waals surface area contributed by atoms with Crippen LogP contribution in [0, 0.1) is 0 Å². The van der Waals surface area contributed by atoms with Gasteiger partial charge in [0, 0.05) is 18.7 Å². The van der Waals surface area contributed by atoms with E-state index in [4.69, 9.17) is 4.52 Å². The van der Waals surface area contributed by atoms with Gasteiger partial charge in [-0.15, -0.1) is 0 Å². The summed E-state index contributed by atoms with van der Waals surface area (Å²) in [7, 11) is 0. The Labute approximate surface area is 130 Å². The van der Waals surface area contributed by atoms with Gasteiger partial charge in [-0.05, 0) is 25.5 Å². The standard InChI is InChI=1S/C15H16F3N3O2/c1-10(21-8-7-14(22,9-21)15(16,17)18)12-19-13(23-20-12)11-5-3-2-4-6-11/h2-6,10,22H,7-9H2,1H3/t10-,14-/m1/s1. The number of aliphatic hydroxyl groups is 1. The molecule has 0 radical (unpaired) electrons. The lowest BCUT2D eigenvalue weighted by Gasteiger charge is -2.27. The van der Waals surface area contributed by atoms with E-state index in [0.717, 1.165) is 5.56 Å². The van der Waals surface area contributed by atoms with Gasteiger partial charge in [0.25, 0.3) is 5.89 Å². The fraction of sp³-hybridized carbons (Fsp3) is 0.467. The number of benzene rings is 1. The zero-order valence-corrected chi connectivity index (χ0v) is 12.4. The Morgan fingerprint density at radius 3 is 2.61 bits per heavy atom.